The Labute approximate surface area is 235 Å². The van der Waals surface area contributed by atoms with Crippen LogP contribution in [-0.4, -0.2) is 64.2 Å². The highest BCUT2D eigenvalue weighted by Gasteiger charge is 2.40. The second kappa shape index (κ2) is 10.4. The van der Waals surface area contributed by atoms with Gasteiger partial charge in [-0.1, -0.05) is 11.6 Å². The molecule has 2 aromatic heterocycles. The maximum atomic E-state index is 15.0. The summed E-state index contributed by atoms with van der Waals surface area (Å²) in [5.41, 5.74) is 4.11. The van der Waals surface area contributed by atoms with Crippen molar-refractivity contribution in [3.63, 3.8) is 0 Å². The van der Waals surface area contributed by atoms with Crippen LogP contribution in [0.3, 0.4) is 0 Å². The summed E-state index contributed by atoms with van der Waals surface area (Å²) in [6.45, 7) is -0.101. The Balaban J connectivity index is 1.55. The van der Waals surface area contributed by atoms with Crippen LogP contribution in [0.15, 0.2) is 12.1 Å². The first-order valence-electron chi connectivity index (χ1n) is 12.3. The van der Waals surface area contributed by atoms with Gasteiger partial charge in [-0.3, -0.25) is 9.59 Å². The molecule has 1 aromatic carbocycles. The zero-order valence-electron chi connectivity index (χ0n) is 22.1. The SMILES string of the molecule is COc1nc2c(c(N3CCC(=O)n4nc(C(=O)N(C)C)c(Cl)c4C3)n1)COC(c1c(C(F)(F)F)ccc(N)c1F)C2. The molecule has 0 fully saturated rings. The quantitative estimate of drug-likeness (QED) is 0.354. The number of carbonyl (C=O) groups excluding carboxylic acids is 2. The van der Waals surface area contributed by atoms with Crippen LogP contribution in [0.1, 0.15) is 55.9 Å². The van der Waals surface area contributed by atoms with Crippen molar-refractivity contribution in [3.8, 4) is 6.01 Å². The fraction of sp³-hybridized carbons (Fsp3) is 0.400. The number of halogens is 5. The highest BCUT2D eigenvalue weighted by molar-refractivity contribution is 6.34. The average molecular weight is 598 g/mol. The van der Waals surface area contributed by atoms with Gasteiger partial charge in [0, 0.05) is 44.6 Å². The lowest BCUT2D eigenvalue weighted by atomic mass is 9.94. The molecule has 4 heterocycles. The van der Waals surface area contributed by atoms with Crippen molar-refractivity contribution in [2.24, 2.45) is 0 Å². The third-order valence-corrected chi connectivity index (χ3v) is 7.27. The first kappa shape index (κ1) is 28.5. The average Bonchev–Trinajstić information content (AvgIpc) is 3.15. The largest absolute Gasteiger partial charge is 0.467 e. The summed E-state index contributed by atoms with van der Waals surface area (Å²) in [6.07, 6.45) is -6.46. The van der Waals surface area contributed by atoms with E-state index in [9.17, 15) is 27.2 Å². The number of hydrogen-bond donors (Lipinski definition) is 1. The number of aromatic nitrogens is 4. The molecule has 16 heteroatoms. The number of carbonyl (C=O) groups is 2. The minimum Gasteiger partial charge on any atom is -0.467 e. The number of hydrogen-bond acceptors (Lipinski definition) is 9. The van der Waals surface area contributed by atoms with E-state index in [4.69, 9.17) is 26.8 Å². The zero-order chi connectivity index (χ0) is 29.8. The Morgan fingerprint density at radius 1 is 1.27 bits per heavy atom. The molecule has 1 unspecified atom stereocenters. The molecule has 0 radical (unpaired) electrons. The van der Waals surface area contributed by atoms with Crippen molar-refractivity contribution >= 4 is 34.9 Å². The lowest BCUT2D eigenvalue weighted by Gasteiger charge is -2.31. The minimum absolute atomic E-state index is 0.00646. The molecular formula is C25H24ClF4N7O4. The van der Waals surface area contributed by atoms with Crippen LogP contribution >= 0.6 is 11.6 Å². The smallest absolute Gasteiger partial charge is 0.416 e. The predicted molar refractivity (Wildman–Crippen MR) is 137 cm³/mol. The van der Waals surface area contributed by atoms with Gasteiger partial charge in [0.2, 0.25) is 5.91 Å². The Morgan fingerprint density at radius 2 is 2.00 bits per heavy atom. The fourth-order valence-corrected chi connectivity index (χ4v) is 5.10. The molecule has 218 valence electrons. The first-order valence-corrected chi connectivity index (χ1v) is 12.7. The van der Waals surface area contributed by atoms with E-state index in [0.29, 0.717) is 5.56 Å². The van der Waals surface area contributed by atoms with E-state index in [0.717, 1.165) is 16.8 Å². The van der Waals surface area contributed by atoms with E-state index < -0.39 is 46.7 Å². The summed E-state index contributed by atoms with van der Waals surface area (Å²) < 4.78 is 68.4. The molecule has 5 rings (SSSR count). The van der Waals surface area contributed by atoms with E-state index in [1.807, 2.05) is 0 Å². The number of alkyl halides is 3. The van der Waals surface area contributed by atoms with Crippen LogP contribution in [0.4, 0.5) is 29.1 Å². The van der Waals surface area contributed by atoms with Gasteiger partial charge < -0.3 is 25.0 Å². The van der Waals surface area contributed by atoms with Crippen molar-refractivity contribution in [1.29, 1.82) is 0 Å². The van der Waals surface area contributed by atoms with Crippen molar-refractivity contribution in [1.82, 2.24) is 24.6 Å². The van der Waals surface area contributed by atoms with Gasteiger partial charge in [0.25, 0.3) is 5.91 Å². The topological polar surface area (TPSA) is 129 Å². The Kier molecular flexibility index (Phi) is 7.27. The van der Waals surface area contributed by atoms with Gasteiger partial charge in [0.1, 0.15) is 5.82 Å². The standard InChI is InChI=1S/C25H24ClF4N7O4/c1-35(2)23(39)21-19(26)15-9-36(7-6-17(38)37(15)34-21)22-11-10-41-16(8-14(11)32-24(33-22)40-3)18-12(25(28,29)30)4-5-13(31)20(18)27/h4-5,16H,6-10,31H2,1-3H3. The summed E-state index contributed by atoms with van der Waals surface area (Å²) in [5.74, 6) is -1.81. The molecule has 0 saturated heterocycles. The van der Waals surface area contributed by atoms with Gasteiger partial charge in [-0.05, 0) is 12.1 Å². The summed E-state index contributed by atoms with van der Waals surface area (Å²) >= 11 is 6.51. The number of anilines is 2. The third-order valence-electron chi connectivity index (χ3n) is 6.88. The number of amides is 1. The number of nitrogens with two attached hydrogens (primary N) is 1. The molecule has 0 aliphatic carbocycles. The Bertz CT molecular complexity index is 1560. The van der Waals surface area contributed by atoms with Crippen LogP contribution in [0.2, 0.25) is 5.02 Å². The van der Waals surface area contributed by atoms with E-state index in [-0.39, 0.29) is 66.5 Å². The molecule has 1 atom stereocenters. The number of methoxy groups -OCH3 is 1. The van der Waals surface area contributed by atoms with Crippen molar-refractivity contribution in [2.45, 2.75) is 38.3 Å². The van der Waals surface area contributed by atoms with Crippen LogP contribution in [0.5, 0.6) is 6.01 Å². The Morgan fingerprint density at radius 3 is 2.66 bits per heavy atom. The number of nitrogen functional groups attached to an aromatic ring is 1. The van der Waals surface area contributed by atoms with Crippen LogP contribution < -0.4 is 15.4 Å². The summed E-state index contributed by atoms with van der Waals surface area (Å²) in [6, 6.07) is 1.48. The van der Waals surface area contributed by atoms with Crippen LogP contribution in [0.25, 0.3) is 0 Å². The predicted octanol–water partition coefficient (Wildman–Crippen LogP) is 3.64. The normalized spacial score (nSPS) is 17.1. The lowest BCUT2D eigenvalue weighted by molar-refractivity contribution is -0.140. The van der Waals surface area contributed by atoms with Crippen molar-refractivity contribution < 1.29 is 36.6 Å². The van der Waals surface area contributed by atoms with Gasteiger partial charge in [-0.2, -0.15) is 28.2 Å². The first-order chi connectivity index (χ1) is 19.3. The van der Waals surface area contributed by atoms with E-state index in [1.165, 1.54) is 26.1 Å². The molecule has 0 spiro atoms. The number of benzene rings is 1. The number of ether oxygens (including phenoxy) is 2. The van der Waals surface area contributed by atoms with Gasteiger partial charge in [0.05, 0.1) is 54.0 Å². The maximum Gasteiger partial charge on any atom is 0.416 e. The molecule has 0 bridgehead atoms. The van der Waals surface area contributed by atoms with Gasteiger partial charge in [0.15, 0.2) is 11.5 Å². The van der Waals surface area contributed by atoms with E-state index >= 15 is 0 Å². The fourth-order valence-electron chi connectivity index (χ4n) is 4.84. The molecule has 3 aromatic rings. The zero-order valence-corrected chi connectivity index (χ0v) is 22.8. The number of rotatable bonds is 4. The molecule has 41 heavy (non-hydrogen) atoms. The van der Waals surface area contributed by atoms with Crippen LogP contribution in [-0.2, 0) is 30.5 Å². The molecule has 2 aliphatic heterocycles. The summed E-state index contributed by atoms with van der Waals surface area (Å²) in [5, 5.41) is 4.15. The molecule has 2 aliphatic rings. The molecule has 2 N–H and O–H groups in total. The van der Waals surface area contributed by atoms with Crippen LogP contribution in [0, 0.1) is 5.82 Å². The highest BCUT2D eigenvalue weighted by Crippen LogP contribution is 2.43. The Hall–Kier alpha value is -3.98. The lowest BCUT2D eigenvalue weighted by Crippen LogP contribution is -2.29. The molecule has 11 nitrogen and oxygen atoms in total. The van der Waals surface area contributed by atoms with Gasteiger partial charge in [-0.15, -0.1) is 0 Å². The second-order valence-electron chi connectivity index (χ2n) is 9.68. The molecule has 1 amide bonds. The van der Waals surface area contributed by atoms with Gasteiger partial charge in [-0.25, -0.2) is 9.07 Å². The molecule has 0 saturated carbocycles. The summed E-state index contributed by atoms with van der Waals surface area (Å²) in [7, 11) is 4.37. The third kappa shape index (κ3) is 5.03. The van der Waals surface area contributed by atoms with Gasteiger partial charge >= 0.3 is 12.2 Å². The maximum absolute atomic E-state index is 15.0. The molecular weight excluding hydrogens is 574 g/mol. The second-order valence-corrected chi connectivity index (χ2v) is 10.1. The number of nitrogens with zero attached hydrogens (tertiary/aromatic N) is 6. The summed E-state index contributed by atoms with van der Waals surface area (Å²) in [4.78, 5) is 37.2. The monoisotopic (exact) mass is 597 g/mol. The van der Waals surface area contributed by atoms with E-state index in [1.54, 1.807) is 4.90 Å². The van der Waals surface area contributed by atoms with Crippen molar-refractivity contribution in [2.75, 3.05) is 38.4 Å². The minimum atomic E-state index is -4.85. The van der Waals surface area contributed by atoms with E-state index in [2.05, 4.69) is 15.1 Å². The number of fused-ring (bicyclic) bond motifs is 2. The highest BCUT2D eigenvalue weighted by atomic mass is 35.5. The van der Waals surface area contributed by atoms with Crippen molar-refractivity contribution in [3.05, 3.63) is 56.7 Å².